The van der Waals surface area contributed by atoms with Crippen LogP contribution in [0.4, 0.5) is 0 Å². The molecular weight excluding hydrogens is 412 g/mol. The molecule has 182 valence electrons. The van der Waals surface area contributed by atoms with Crippen LogP contribution < -0.4 is 0 Å². The minimum absolute atomic E-state index is 0.860. The van der Waals surface area contributed by atoms with Gasteiger partial charge in [-0.2, -0.15) is 0 Å². The lowest BCUT2D eigenvalue weighted by atomic mass is 9.91. The van der Waals surface area contributed by atoms with Gasteiger partial charge in [0.1, 0.15) is 0 Å². The van der Waals surface area contributed by atoms with Gasteiger partial charge >= 0.3 is 0 Å². The van der Waals surface area contributed by atoms with Crippen LogP contribution in [0.15, 0.2) is 48.6 Å². The Hall–Kier alpha value is -0.823. The van der Waals surface area contributed by atoms with Crippen molar-refractivity contribution in [3.8, 4) is 0 Å². The molecular formula is C32H50Si. The smallest absolute Gasteiger partial charge is 0.0641 e. The second-order valence-electron chi connectivity index (χ2n) is 12.4. The third-order valence-electron chi connectivity index (χ3n) is 10.9. The molecule has 5 aliphatic rings. The summed E-state index contributed by atoms with van der Waals surface area (Å²) < 4.78 is 0. The Bertz CT molecular complexity index is 692. The number of hydrogen-bond donors (Lipinski definition) is 0. The number of unbranched alkanes of at least 4 members (excludes halogenated alkanes) is 5. The molecule has 0 spiro atoms. The van der Waals surface area contributed by atoms with Crippen molar-refractivity contribution in [1.29, 1.82) is 0 Å². The topological polar surface area (TPSA) is 0 Å². The van der Waals surface area contributed by atoms with Crippen LogP contribution in [-0.4, -0.2) is 8.07 Å². The number of fused-ring (bicyclic) bond motifs is 2. The molecule has 0 radical (unpaired) electrons. The summed E-state index contributed by atoms with van der Waals surface area (Å²) >= 11 is 0. The van der Waals surface area contributed by atoms with E-state index in [2.05, 4.69) is 55.5 Å². The van der Waals surface area contributed by atoms with Gasteiger partial charge in [-0.15, -0.1) is 0 Å². The lowest BCUT2D eigenvalue weighted by Crippen LogP contribution is -2.52. The maximum absolute atomic E-state index is 2.69. The van der Waals surface area contributed by atoms with Crippen LogP contribution in [0.25, 0.3) is 0 Å². The fourth-order valence-electron chi connectivity index (χ4n) is 9.47. The van der Waals surface area contributed by atoms with E-state index in [-0.39, 0.29) is 0 Å². The molecule has 7 atom stereocenters. The zero-order chi connectivity index (χ0) is 22.5. The van der Waals surface area contributed by atoms with E-state index in [9.17, 15) is 0 Å². The Morgan fingerprint density at radius 1 is 0.576 bits per heavy atom. The molecule has 0 aliphatic heterocycles. The largest absolute Gasteiger partial charge is 0.0808 e. The molecule has 3 saturated carbocycles. The molecule has 1 heteroatoms. The summed E-state index contributed by atoms with van der Waals surface area (Å²) in [7, 11) is -1.48. The quantitative estimate of drug-likeness (QED) is 0.224. The molecule has 0 amide bonds. The molecule has 0 N–H and O–H groups in total. The van der Waals surface area contributed by atoms with E-state index in [1.165, 1.54) is 64.2 Å². The second kappa shape index (κ2) is 11.3. The zero-order valence-electron chi connectivity index (χ0n) is 21.5. The van der Waals surface area contributed by atoms with Crippen LogP contribution in [0.3, 0.4) is 0 Å². The third kappa shape index (κ3) is 4.82. The summed E-state index contributed by atoms with van der Waals surface area (Å²) in [5.74, 6) is 3.48. The molecule has 0 saturated heterocycles. The van der Waals surface area contributed by atoms with Crippen LogP contribution in [0.2, 0.25) is 22.7 Å². The van der Waals surface area contributed by atoms with Gasteiger partial charge in [0, 0.05) is 0 Å². The van der Waals surface area contributed by atoms with Crippen molar-refractivity contribution in [3.05, 3.63) is 48.6 Å². The van der Waals surface area contributed by atoms with Gasteiger partial charge in [-0.3, -0.25) is 0 Å². The number of hydrogen-bond acceptors (Lipinski definition) is 0. The maximum atomic E-state index is 2.69. The van der Waals surface area contributed by atoms with Crippen molar-refractivity contribution in [2.24, 2.45) is 23.7 Å². The van der Waals surface area contributed by atoms with Crippen molar-refractivity contribution in [3.63, 3.8) is 0 Å². The molecule has 0 nitrogen and oxygen atoms in total. The van der Waals surface area contributed by atoms with Gasteiger partial charge in [0.15, 0.2) is 0 Å². The van der Waals surface area contributed by atoms with E-state index in [4.69, 9.17) is 0 Å². The summed E-state index contributed by atoms with van der Waals surface area (Å²) in [6.07, 6.45) is 42.8. The molecule has 0 aromatic heterocycles. The highest BCUT2D eigenvalue weighted by atomic mass is 28.3. The molecule has 33 heavy (non-hydrogen) atoms. The molecule has 3 fully saturated rings. The van der Waals surface area contributed by atoms with Crippen molar-refractivity contribution in [1.82, 2.24) is 0 Å². The standard InChI is InChI=1S/C32H50Si/c1-2-3-4-5-6-14-25-33(28-17-8-7-9-18-28,31-23-21-26-15-10-12-19-29(26)31)32-24-22-27-16-11-13-20-30(27)32/h10-13,15-16,19-20,26-32H,2-9,14,17-18,21-25H2,1H3/t26-,27-,29-,30-,31-,32?,33?/m0/s1. The fourth-order valence-corrected chi connectivity index (χ4v) is 18.3. The summed E-state index contributed by atoms with van der Waals surface area (Å²) in [5, 5.41) is 0. The Balaban J connectivity index is 1.47. The van der Waals surface area contributed by atoms with E-state index in [1.807, 2.05) is 0 Å². The Morgan fingerprint density at radius 2 is 1.12 bits per heavy atom. The van der Waals surface area contributed by atoms with E-state index in [0.717, 1.165) is 40.3 Å². The summed E-state index contributed by atoms with van der Waals surface area (Å²) in [5.41, 5.74) is 3.24. The summed E-state index contributed by atoms with van der Waals surface area (Å²) in [6, 6.07) is 1.67. The first-order chi connectivity index (χ1) is 16.3. The zero-order valence-corrected chi connectivity index (χ0v) is 22.5. The van der Waals surface area contributed by atoms with Crippen LogP contribution in [0.5, 0.6) is 0 Å². The van der Waals surface area contributed by atoms with E-state index in [0.29, 0.717) is 0 Å². The summed E-state index contributed by atoms with van der Waals surface area (Å²) in [4.78, 5) is 0. The first-order valence-electron chi connectivity index (χ1n) is 15.0. The van der Waals surface area contributed by atoms with Gasteiger partial charge in [0.05, 0.1) is 8.07 Å². The van der Waals surface area contributed by atoms with Crippen LogP contribution in [-0.2, 0) is 0 Å². The van der Waals surface area contributed by atoms with Crippen LogP contribution in [0, 0.1) is 23.7 Å². The number of allylic oxidation sites excluding steroid dienone is 8. The Kier molecular flexibility index (Phi) is 8.17. The molecule has 0 heterocycles. The highest BCUT2D eigenvalue weighted by Gasteiger charge is 2.59. The SMILES string of the molecule is CCCCCCCC[Si](C1CCCCC1)(C1CC[C@@H]2C=CC=C[C@H]12)[C@H]1CC[C@@H]2C=CC=C[C@@H]21. The van der Waals surface area contributed by atoms with Gasteiger partial charge in [-0.1, -0.05) is 145 Å². The maximum Gasteiger partial charge on any atom is 0.0641 e. The minimum Gasteiger partial charge on any atom is -0.0808 e. The van der Waals surface area contributed by atoms with Gasteiger partial charge in [-0.05, 0) is 53.1 Å². The third-order valence-corrected chi connectivity index (χ3v) is 18.3. The van der Waals surface area contributed by atoms with Crippen LogP contribution in [0.1, 0.15) is 103 Å². The average molecular weight is 463 g/mol. The van der Waals surface area contributed by atoms with Gasteiger partial charge in [-0.25, -0.2) is 0 Å². The fraction of sp³-hybridized carbons (Fsp3) is 0.750. The predicted molar refractivity (Wildman–Crippen MR) is 147 cm³/mol. The molecule has 5 rings (SSSR count). The Morgan fingerprint density at radius 3 is 1.73 bits per heavy atom. The molecule has 0 aromatic rings. The van der Waals surface area contributed by atoms with E-state index >= 15 is 0 Å². The lowest BCUT2D eigenvalue weighted by Gasteiger charge is -2.53. The van der Waals surface area contributed by atoms with Crippen molar-refractivity contribution >= 4 is 8.07 Å². The van der Waals surface area contributed by atoms with Gasteiger partial charge in [0.2, 0.25) is 0 Å². The Labute approximate surface area is 206 Å². The van der Waals surface area contributed by atoms with Gasteiger partial charge in [0.25, 0.3) is 0 Å². The highest BCUT2D eigenvalue weighted by Crippen LogP contribution is 2.65. The molecule has 5 aliphatic carbocycles. The van der Waals surface area contributed by atoms with Crippen molar-refractivity contribution < 1.29 is 0 Å². The first-order valence-corrected chi connectivity index (χ1v) is 17.5. The van der Waals surface area contributed by atoms with Gasteiger partial charge < -0.3 is 0 Å². The normalized spacial score (nSPS) is 37.2. The molecule has 2 unspecified atom stereocenters. The number of rotatable bonds is 10. The van der Waals surface area contributed by atoms with Crippen molar-refractivity contribution in [2.75, 3.05) is 0 Å². The lowest BCUT2D eigenvalue weighted by molar-refractivity contribution is 0.445. The first kappa shape index (κ1) is 23.9. The molecule has 0 aromatic carbocycles. The average Bonchev–Trinajstić information content (AvgIpc) is 3.50. The van der Waals surface area contributed by atoms with Crippen molar-refractivity contribution in [2.45, 2.75) is 126 Å². The highest BCUT2D eigenvalue weighted by molar-refractivity contribution is 6.84. The second-order valence-corrected chi connectivity index (χ2v) is 17.4. The van der Waals surface area contributed by atoms with E-state index < -0.39 is 8.07 Å². The van der Waals surface area contributed by atoms with E-state index in [1.54, 1.807) is 38.1 Å². The predicted octanol–water partition coefficient (Wildman–Crippen LogP) is 10.2. The van der Waals surface area contributed by atoms with Crippen LogP contribution >= 0.6 is 0 Å². The minimum atomic E-state index is -1.48. The summed E-state index contributed by atoms with van der Waals surface area (Å²) in [6.45, 7) is 2.35. The molecule has 0 bridgehead atoms. The monoisotopic (exact) mass is 462 g/mol.